The SMILES string of the molecule is Cc1nccc(NC2CCCC2(C)C(=O)O)n1. The molecular weight excluding hydrogens is 218 g/mol. The molecule has 0 radical (unpaired) electrons. The number of hydrogen-bond donors (Lipinski definition) is 2. The third-order valence-corrected chi connectivity index (χ3v) is 3.54. The van der Waals surface area contributed by atoms with E-state index in [-0.39, 0.29) is 6.04 Å². The lowest BCUT2D eigenvalue weighted by molar-refractivity contribution is -0.147. The van der Waals surface area contributed by atoms with Gasteiger partial charge >= 0.3 is 5.97 Å². The highest BCUT2D eigenvalue weighted by atomic mass is 16.4. The summed E-state index contributed by atoms with van der Waals surface area (Å²) in [5, 5.41) is 12.5. The third-order valence-electron chi connectivity index (χ3n) is 3.54. The van der Waals surface area contributed by atoms with Gasteiger partial charge in [0.2, 0.25) is 0 Å². The van der Waals surface area contributed by atoms with Crippen LogP contribution in [0.4, 0.5) is 5.82 Å². The second-order valence-electron chi connectivity index (χ2n) is 4.80. The molecule has 5 nitrogen and oxygen atoms in total. The predicted octanol–water partition coefficient (Wildman–Crippen LogP) is 1.84. The summed E-state index contributed by atoms with van der Waals surface area (Å²) in [5.41, 5.74) is -0.696. The van der Waals surface area contributed by atoms with E-state index in [0.717, 1.165) is 12.8 Å². The smallest absolute Gasteiger partial charge is 0.311 e. The predicted molar refractivity (Wildman–Crippen MR) is 63.8 cm³/mol. The fourth-order valence-corrected chi connectivity index (χ4v) is 2.37. The van der Waals surface area contributed by atoms with Gasteiger partial charge in [-0.25, -0.2) is 9.97 Å². The van der Waals surface area contributed by atoms with E-state index in [4.69, 9.17) is 0 Å². The number of hydrogen-bond acceptors (Lipinski definition) is 4. The number of nitrogens with one attached hydrogen (secondary N) is 1. The molecule has 1 saturated carbocycles. The number of anilines is 1. The van der Waals surface area contributed by atoms with E-state index in [1.807, 2.05) is 6.92 Å². The second-order valence-corrected chi connectivity index (χ2v) is 4.80. The highest BCUT2D eigenvalue weighted by molar-refractivity contribution is 5.76. The zero-order valence-corrected chi connectivity index (χ0v) is 10.1. The van der Waals surface area contributed by atoms with Gasteiger partial charge in [-0.1, -0.05) is 6.42 Å². The van der Waals surface area contributed by atoms with Gasteiger partial charge < -0.3 is 10.4 Å². The summed E-state index contributed by atoms with van der Waals surface area (Å²) in [6.45, 7) is 3.62. The molecule has 1 heterocycles. The fraction of sp³-hybridized carbons (Fsp3) is 0.583. The Bertz CT molecular complexity index is 436. The first-order chi connectivity index (χ1) is 8.02. The average Bonchev–Trinajstić information content (AvgIpc) is 2.62. The molecule has 0 aromatic carbocycles. The van der Waals surface area contributed by atoms with Gasteiger partial charge in [0.1, 0.15) is 11.6 Å². The van der Waals surface area contributed by atoms with Crippen molar-refractivity contribution in [3.63, 3.8) is 0 Å². The molecule has 1 aliphatic carbocycles. The maximum Gasteiger partial charge on any atom is 0.311 e. The third kappa shape index (κ3) is 2.23. The van der Waals surface area contributed by atoms with Crippen LogP contribution >= 0.6 is 0 Å². The number of carbonyl (C=O) groups is 1. The Kier molecular flexibility index (Phi) is 3.00. The number of aromatic nitrogens is 2. The standard InChI is InChI=1S/C12H17N3O2/c1-8-13-7-5-10(14-8)15-9-4-3-6-12(9,2)11(16)17/h5,7,9H,3-4,6H2,1-2H3,(H,16,17)(H,13,14,15). The molecule has 1 aliphatic rings. The van der Waals surface area contributed by atoms with Crippen molar-refractivity contribution < 1.29 is 9.90 Å². The molecule has 2 atom stereocenters. The largest absolute Gasteiger partial charge is 0.481 e. The van der Waals surface area contributed by atoms with Gasteiger partial charge in [-0.3, -0.25) is 4.79 Å². The van der Waals surface area contributed by atoms with E-state index >= 15 is 0 Å². The van der Waals surface area contributed by atoms with Crippen molar-refractivity contribution in [1.29, 1.82) is 0 Å². The van der Waals surface area contributed by atoms with Crippen LogP contribution in [0.5, 0.6) is 0 Å². The van der Waals surface area contributed by atoms with Gasteiger partial charge in [0.15, 0.2) is 0 Å². The van der Waals surface area contributed by atoms with Gasteiger partial charge in [-0.15, -0.1) is 0 Å². The van der Waals surface area contributed by atoms with Gasteiger partial charge in [0, 0.05) is 12.2 Å². The fourth-order valence-electron chi connectivity index (χ4n) is 2.37. The van der Waals surface area contributed by atoms with Crippen molar-refractivity contribution in [3.05, 3.63) is 18.1 Å². The van der Waals surface area contributed by atoms with Crippen molar-refractivity contribution in [1.82, 2.24) is 9.97 Å². The number of nitrogens with zero attached hydrogens (tertiary/aromatic N) is 2. The van der Waals surface area contributed by atoms with E-state index in [1.165, 1.54) is 0 Å². The van der Waals surface area contributed by atoms with Crippen LogP contribution in [0.2, 0.25) is 0 Å². The van der Waals surface area contributed by atoms with Crippen LogP contribution in [-0.4, -0.2) is 27.1 Å². The average molecular weight is 235 g/mol. The Balaban J connectivity index is 2.16. The number of carboxylic acid groups (broad SMARTS) is 1. The summed E-state index contributed by atoms with van der Waals surface area (Å²) in [6.07, 6.45) is 4.19. The Hall–Kier alpha value is -1.65. The number of aliphatic carboxylic acids is 1. The quantitative estimate of drug-likeness (QED) is 0.836. The van der Waals surface area contributed by atoms with Gasteiger partial charge in [0.25, 0.3) is 0 Å². The zero-order chi connectivity index (χ0) is 12.5. The molecule has 1 aromatic heterocycles. The number of rotatable bonds is 3. The lowest BCUT2D eigenvalue weighted by atomic mass is 9.85. The molecular formula is C12H17N3O2. The minimum absolute atomic E-state index is 0.0608. The van der Waals surface area contributed by atoms with Crippen LogP contribution in [0.15, 0.2) is 12.3 Å². The highest BCUT2D eigenvalue weighted by Crippen LogP contribution is 2.39. The van der Waals surface area contributed by atoms with Crippen LogP contribution in [0.3, 0.4) is 0 Å². The summed E-state index contributed by atoms with van der Waals surface area (Å²) in [7, 11) is 0. The summed E-state index contributed by atoms with van der Waals surface area (Å²) in [6, 6.07) is 1.71. The molecule has 17 heavy (non-hydrogen) atoms. The summed E-state index contributed by atoms with van der Waals surface area (Å²) in [4.78, 5) is 19.6. The Morgan fingerprint density at radius 1 is 1.65 bits per heavy atom. The van der Waals surface area contributed by atoms with Crippen LogP contribution < -0.4 is 5.32 Å². The first-order valence-corrected chi connectivity index (χ1v) is 5.82. The van der Waals surface area contributed by atoms with E-state index in [1.54, 1.807) is 19.2 Å². The van der Waals surface area contributed by atoms with Crippen molar-refractivity contribution in [2.75, 3.05) is 5.32 Å². The van der Waals surface area contributed by atoms with Crippen molar-refractivity contribution in [2.24, 2.45) is 5.41 Å². The lowest BCUT2D eigenvalue weighted by Crippen LogP contribution is -2.40. The Morgan fingerprint density at radius 2 is 2.41 bits per heavy atom. The van der Waals surface area contributed by atoms with E-state index in [2.05, 4.69) is 15.3 Å². The second kappa shape index (κ2) is 4.31. The zero-order valence-electron chi connectivity index (χ0n) is 10.1. The van der Waals surface area contributed by atoms with Crippen molar-refractivity contribution in [3.8, 4) is 0 Å². The molecule has 2 N–H and O–H groups in total. The first-order valence-electron chi connectivity index (χ1n) is 5.82. The Labute approximate surface area is 100 Å². The molecule has 2 rings (SSSR count). The molecule has 2 unspecified atom stereocenters. The summed E-state index contributed by atoms with van der Waals surface area (Å²) < 4.78 is 0. The van der Waals surface area contributed by atoms with Crippen LogP contribution in [0.25, 0.3) is 0 Å². The molecule has 1 aromatic rings. The molecule has 1 fully saturated rings. The van der Waals surface area contributed by atoms with Gasteiger partial charge in [0.05, 0.1) is 5.41 Å². The maximum absolute atomic E-state index is 11.3. The van der Waals surface area contributed by atoms with Crippen LogP contribution in [0.1, 0.15) is 32.0 Å². The summed E-state index contributed by atoms with van der Waals surface area (Å²) >= 11 is 0. The molecule has 0 bridgehead atoms. The molecule has 0 aliphatic heterocycles. The minimum Gasteiger partial charge on any atom is -0.481 e. The van der Waals surface area contributed by atoms with E-state index in [9.17, 15) is 9.90 Å². The highest BCUT2D eigenvalue weighted by Gasteiger charge is 2.45. The molecule has 92 valence electrons. The normalized spacial score (nSPS) is 28.0. The number of aryl methyl sites for hydroxylation is 1. The van der Waals surface area contributed by atoms with E-state index in [0.29, 0.717) is 18.1 Å². The van der Waals surface area contributed by atoms with Gasteiger partial charge in [-0.2, -0.15) is 0 Å². The first kappa shape index (κ1) is 11.8. The van der Waals surface area contributed by atoms with Crippen LogP contribution in [-0.2, 0) is 4.79 Å². The Morgan fingerprint density at radius 3 is 3.06 bits per heavy atom. The van der Waals surface area contributed by atoms with E-state index < -0.39 is 11.4 Å². The molecule has 0 amide bonds. The molecule has 0 spiro atoms. The summed E-state index contributed by atoms with van der Waals surface area (Å²) in [5.74, 6) is 0.653. The minimum atomic E-state index is -0.738. The number of carboxylic acids is 1. The van der Waals surface area contributed by atoms with Crippen molar-refractivity contribution in [2.45, 2.75) is 39.2 Å². The van der Waals surface area contributed by atoms with Crippen molar-refractivity contribution >= 4 is 11.8 Å². The van der Waals surface area contributed by atoms with Gasteiger partial charge in [-0.05, 0) is 32.8 Å². The molecule has 5 heteroatoms. The topological polar surface area (TPSA) is 75.1 Å². The van der Waals surface area contributed by atoms with Crippen LogP contribution in [0, 0.1) is 12.3 Å². The maximum atomic E-state index is 11.3. The monoisotopic (exact) mass is 235 g/mol. The molecule has 0 saturated heterocycles. The lowest BCUT2D eigenvalue weighted by Gasteiger charge is -2.28.